The maximum Gasteiger partial charge on any atom is 0.244 e. The van der Waals surface area contributed by atoms with E-state index in [-0.39, 0.29) is 5.91 Å². The number of anilines is 2. The average Bonchev–Trinajstić information content (AvgIpc) is 2.71. The maximum atomic E-state index is 12.0. The molecule has 1 aromatic heterocycles. The Balaban J connectivity index is 1.55. The molecule has 3 rings (SSSR count). The molecule has 0 radical (unpaired) electrons. The van der Waals surface area contributed by atoms with E-state index in [0.29, 0.717) is 6.54 Å². The fraction of sp³-hybridized carbons (Fsp3) is 0.130. The van der Waals surface area contributed by atoms with Crippen LogP contribution in [0.15, 0.2) is 79.1 Å². The van der Waals surface area contributed by atoms with E-state index in [4.69, 9.17) is 0 Å². The summed E-state index contributed by atoms with van der Waals surface area (Å²) in [7, 11) is 2.02. The van der Waals surface area contributed by atoms with Gasteiger partial charge in [0.05, 0.1) is 0 Å². The van der Waals surface area contributed by atoms with Gasteiger partial charge in [0.25, 0.3) is 0 Å². The Labute approximate surface area is 160 Å². The summed E-state index contributed by atoms with van der Waals surface area (Å²) in [6.07, 6.45) is 6.95. The molecule has 4 heteroatoms. The zero-order valence-electron chi connectivity index (χ0n) is 15.6. The van der Waals surface area contributed by atoms with Crippen LogP contribution in [-0.2, 0) is 11.3 Å². The lowest BCUT2D eigenvalue weighted by atomic mass is 10.1. The van der Waals surface area contributed by atoms with Crippen LogP contribution >= 0.6 is 0 Å². The molecular weight excluding hydrogens is 334 g/mol. The lowest BCUT2D eigenvalue weighted by Gasteiger charge is -2.19. The molecule has 0 aliphatic heterocycles. The fourth-order valence-corrected chi connectivity index (χ4v) is 2.75. The molecule has 1 heterocycles. The summed E-state index contributed by atoms with van der Waals surface area (Å²) in [4.78, 5) is 18.2. The van der Waals surface area contributed by atoms with Crippen LogP contribution in [0, 0.1) is 6.92 Å². The number of carbonyl (C=O) groups excluding carboxylic acids is 1. The number of rotatable bonds is 6. The Kier molecular flexibility index (Phi) is 6.00. The Morgan fingerprint density at radius 3 is 2.44 bits per heavy atom. The highest BCUT2D eigenvalue weighted by molar-refractivity contribution is 5.91. The molecule has 0 atom stereocenters. The first-order valence-electron chi connectivity index (χ1n) is 8.87. The lowest BCUT2D eigenvalue weighted by Crippen LogP contribution is -2.20. The molecule has 0 bridgehead atoms. The number of carbonyl (C=O) groups is 1. The molecule has 2 aromatic carbocycles. The number of aromatic nitrogens is 1. The normalized spacial score (nSPS) is 10.7. The van der Waals surface area contributed by atoms with Crippen LogP contribution in [0.3, 0.4) is 0 Å². The molecule has 136 valence electrons. The average molecular weight is 357 g/mol. The Morgan fingerprint density at radius 1 is 1.04 bits per heavy atom. The Bertz CT molecular complexity index is 918. The number of amides is 1. The smallest absolute Gasteiger partial charge is 0.244 e. The number of nitrogens with one attached hydrogen (secondary N) is 1. The van der Waals surface area contributed by atoms with Crippen molar-refractivity contribution < 1.29 is 4.79 Å². The van der Waals surface area contributed by atoms with Gasteiger partial charge in [-0.3, -0.25) is 9.78 Å². The number of nitrogens with zero attached hydrogens (tertiary/aromatic N) is 2. The molecule has 0 aliphatic rings. The summed E-state index contributed by atoms with van der Waals surface area (Å²) in [5.41, 5.74) is 5.41. The minimum Gasteiger partial charge on any atom is -0.348 e. The number of hydrogen-bond acceptors (Lipinski definition) is 3. The van der Waals surface area contributed by atoms with Crippen molar-refractivity contribution in [2.75, 3.05) is 11.9 Å². The van der Waals surface area contributed by atoms with Crippen molar-refractivity contribution in [1.29, 1.82) is 0 Å². The molecule has 27 heavy (non-hydrogen) atoms. The highest BCUT2D eigenvalue weighted by atomic mass is 16.1. The fourth-order valence-electron chi connectivity index (χ4n) is 2.75. The molecule has 1 amide bonds. The number of aryl methyl sites for hydroxylation is 1. The maximum absolute atomic E-state index is 12.0. The molecule has 0 unspecified atom stereocenters. The van der Waals surface area contributed by atoms with E-state index in [0.717, 1.165) is 22.5 Å². The number of hydrogen-bond donors (Lipinski definition) is 1. The number of benzene rings is 2. The predicted molar refractivity (Wildman–Crippen MR) is 111 cm³/mol. The van der Waals surface area contributed by atoms with Crippen LogP contribution in [0.1, 0.15) is 16.7 Å². The van der Waals surface area contributed by atoms with Gasteiger partial charge in [0.15, 0.2) is 0 Å². The predicted octanol–water partition coefficient (Wildman–Crippen LogP) is 4.49. The monoisotopic (exact) mass is 357 g/mol. The third-order valence-electron chi connectivity index (χ3n) is 4.31. The highest BCUT2D eigenvalue weighted by Gasteiger charge is 2.04. The molecule has 1 N–H and O–H groups in total. The Hall–Kier alpha value is -3.40. The molecule has 0 aliphatic carbocycles. The van der Waals surface area contributed by atoms with E-state index in [2.05, 4.69) is 15.2 Å². The standard InChI is InChI=1S/C23H23N3O/c1-18-4-3-5-19(16-18)8-11-23(27)25-17-20-6-9-21(10-7-20)26(2)22-12-14-24-15-13-22/h3-16H,17H2,1-2H3,(H,25,27)/b11-8-. The summed E-state index contributed by atoms with van der Waals surface area (Å²) in [5.74, 6) is -0.102. The zero-order valence-corrected chi connectivity index (χ0v) is 15.6. The van der Waals surface area contributed by atoms with Crippen LogP contribution in [-0.4, -0.2) is 17.9 Å². The third kappa shape index (κ3) is 5.28. The molecular formula is C23H23N3O. The van der Waals surface area contributed by atoms with Crippen molar-refractivity contribution in [1.82, 2.24) is 10.3 Å². The van der Waals surface area contributed by atoms with Gasteiger partial charge in [0.1, 0.15) is 0 Å². The SMILES string of the molecule is Cc1cccc(/C=C\C(=O)NCc2ccc(N(C)c3ccncc3)cc2)c1. The van der Waals surface area contributed by atoms with E-state index in [1.165, 1.54) is 5.56 Å². The second-order valence-electron chi connectivity index (χ2n) is 6.40. The summed E-state index contributed by atoms with van der Waals surface area (Å²) >= 11 is 0. The summed E-state index contributed by atoms with van der Waals surface area (Å²) in [5, 5.41) is 2.92. The van der Waals surface area contributed by atoms with E-state index in [1.54, 1.807) is 18.5 Å². The van der Waals surface area contributed by atoms with Crippen LogP contribution in [0.4, 0.5) is 11.4 Å². The van der Waals surface area contributed by atoms with Gasteiger partial charge in [-0.2, -0.15) is 0 Å². The third-order valence-corrected chi connectivity index (χ3v) is 4.31. The largest absolute Gasteiger partial charge is 0.348 e. The van der Waals surface area contributed by atoms with E-state index in [9.17, 15) is 4.79 Å². The van der Waals surface area contributed by atoms with Gasteiger partial charge in [-0.1, -0.05) is 42.0 Å². The van der Waals surface area contributed by atoms with Crippen molar-refractivity contribution in [2.45, 2.75) is 13.5 Å². The second-order valence-corrected chi connectivity index (χ2v) is 6.40. The summed E-state index contributed by atoms with van der Waals surface area (Å²) in [6.45, 7) is 2.53. The van der Waals surface area contributed by atoms with Crippen LogP contribution in [0.2, 0.25) is 0 Å². The van der Waals surface area contributed by atoms with Gasteiger partial charge >= 0.3 is 0 Å². The zero-order chi connectivity index (χ0) is 19.1. The van der Waals surface area contributed by atoms with Crippen molar-refractivity contribution in [3.63, 3.8) is 0 Å². The van der Waals surface area contributed by atoms with Gasteiger partial charge in [0, 0.05) is 43.4 Å². The van der Waals surface area contributed by atoms with Gasteiger partial charge in [-0.05, 0) is 48.4 Å². The second kappa shape index (κ2) is 8.81. The Morgan fingerprint density at radius 2 is 1.74 bits per heavy atom. The van der Waals surface area contributed by atoms with Gasteiger partial charge < -0.3 is 10.2 Å². The van der Waals surface area contributed by atoms with Crippen LogP contribution in [0.25, 0.3) is 6.08 Å². The van der Waals surface area contributed by atoms with E-state index >= 15 is 0 Å². The van der Waals surface area contributed by atoms with Gasteiger partial charge in [-0.25, -0.2) is 0 Å². The van der Waals surface area contributed by atoms with Gasteiger partial charge in [0.2, 0.25) is 5.91 Å². The minimum atomic E-state index is -0.102. The lowest BCUT2D eigenvalue weighted by molar-refractivity contribution is -0.116. The van der Waals surface area contributed by atoms with Crippen LogP contribution < -0.4 is 10.2 Å². The van der Waals surface area contributed by atoms with Crippen molar-refractivity contribution in [3.8, 4) is 0 Å². The first-order chi connectivity index (χ1) is 13.1. The number of pyridine rings is 1. The van der Waals surface area contributed by atoms with Gasteiger partial charge in [-0.15, -0.1) is 0 Å². The quantitative estimate of drug-likeness (QED) is 0.661. The first-order valence-corrected chi connectivity index (χ1v) is 8.87. The van der Waals surface area contributed by atoms with Crippen molar-refractivity contribution in [2.24, 2.45) is 0 Å². The van der Waals surface area contributed by atoms with E-state index in [1.807, 2.05) is 80.7 Å². The van der Waals surface area contributed by atoms with E-state index < -0.39 is 0 Å². The minimum absolute atomic E-state index is 0.102. The molecule has 3 aromatic rings. The van der Waals surface area contributed by atoms with Crippen molar-refractivity contribution >= 4 is 23.4 Å². The molecule has 4 nitrogen and oxygen atoms in total. The summed E-state index contributed by atoms with van der Waals surface area (Å²) in [6, 6.07) is 20.1. The van der Waals surface area contributed by atoms with Crippen molar-refractivity contribution in [3.05, 3.63) is 95.8 Å². The first kappa shape index (κ1) is 18.4. The molecule has 0 saturated carbocycles. The van der Waals surface area contributed by atoms with Crippen LogP contribution in [0.5, 0.6) is 0 Å². The highest BCUT2D eigenvalue weighted by Crippen LogP contribution is 2.22. The molecule has 0 spiro atoms. The molecule has 0 fully saturated rings. The topological polar surface area (TPSA) is 45.2 Å². The molecule has 0 saturated heterocycles. The summed E-state index contributed by atoms with van der Waals surface area (Å²) < 4.78 is 0.